The highest BCUT2D eigenvalue weighted by Crippen LogP contribution is 2.25. The number of amides is 1. The first-order chi connectivity index (χ1) is 9.71. The molecule has 0 radical (unpaired) electrons. The van der Waals surface area contributed by atoms with Gasteiger partial charge in [0, 0.05) is 18.8 Å². The Balaban J connectivity index is 2.22. The highest BCUT2D eigenvalue weighted by atomic mass is 32.2. The van der Waals surface area contributed by atoms with E-state index in [0.29, 0.717) is 11.3 Å². The maximum Gasteiger partial charge on any atom is 0.243 e. The van der Waals surface area contributed by atoms with E-state index in [1.54, 1.807) is 13.0 Å². The summed E-state index contributed by atoms with van der Waals surface area (Å²) in [5, 5.41) is 2.78. The maximum absolute atomic E-state index is 12.6. The molecule has 1 fully saturated rings. The molecule has 3 N–H and O–H groups in total. The lowest BCUT2D eigenvalue weighted by Gasteiger charge is -2.19. The lowest BCUT2D eigenvalue weighted by Crippen LogP contribution is -2.39. The fourth-order valence-electron chi connectivity index (χ4n) is 2.08. The van der Waals surface area contributed by atoms with Crippen molar-refractivity contribution in [1.29, 1.82) is 0 Å². The number of sulfonamides is 1. The second-order valence-electron chi connectivity index (χ2n) is 5.56. The Morgan fingerprint density at radius 1 is 1.38 bits per heavy atom. The summed E-state index contributed by atoms with van der Waals surface area (Å²) in [5.74, 6) is -0.276. The van der Waals surface area contributed by atoms with Crippen molar-refractivity contribution in [2.24, 2.45) is 0 Å². The molecule has 2 rings (SSSR count). The standard InChI is InChI=1S/C14H21N3O3S/c1-9-6-11(15)7-13(10(9)2)21(19,20)17(3)8-14(18)16-12-4-5-12/h6-7,12H,4-5,8,15H2,1-3H3,(H,16,18). The van der Waals surface area contributed by atoms with Gasteiger partial charge in [-0.05, 0) is 49.9 Å². The van der Waals surface area contributed by atoms with Gasteiger partial charge in [0.2, 0.25) is 15.9 Å². The van der Waals surface area contributed by atoms with E-state index in [1.165, 1.54) is 13.1 Å². The van der Waals surface area contributed by atoms with Gasteiger partial charge >= 0.3 is 0 Å². The SMILES string of the molecule is Cc1cc(N)cc(S(=O)(=O)N(C)CC(=O)NC2CC2)c1C. The van der Waals surface area contributed by atoms with Crippen LogP contribution in [-0.2, 0) is 14.8 Å². The average molecular weight is 311 g/mol. The third-order valence-electron chi connectivity index (χ3n) is 3.64. The minimum atomic E-state index is -3.73. The highest BCUT2D eigenvalue weighted by Gasteiger charge is 2.28. The largest absolute Gasteiger partial charge is 0.399 e. The lowest BCUT2D eigenvalue weighted by atomic mass is 10.1. The van der Waals surface area contributed by atoms with Crippen LogP contribution in [0.4, 0.5) is 5.69 Å². The number of hydrogen-bond donors (Lipinski definition) is 2. The summed E-state index contributed by atoms with van der Waals surface area (Å²) in [7, 11) is -2.33. The fraction of sp³-hybridized carbons (Fsp3) is 0.500. The molecule has 6 nitrogen and oxygen atoms in total. The third-order valence-corrected chi connectivity index (χ3v) is 5.57. The molecule has 1 aliphatic rings. The molecule has 1 amide bonds. The zero-order valence-corrected chi connectivity index (χ0v) is 13.3. The first kappa shape index (κ1) is 15.8. The Morgan fingerprint density at radius 3 is 2.57 bits per heavy atom. The van der Waals surface area contributed by atoms with Gasteiger partial charge in [-0.15, -0.1) is 0 Å². The molecule has 0 heterocycles. The first-order valence-electron chi connectivity index (χ1n) is 6.84. The molecule has 0 bridgehead atoms. The smallest absolute Gasteiger partial charge is 0.243 e. The average Bonchev–Trinajstić information content (AvgIpc) is 3.17. The van der Waals surface area contributed by atoms with Crippen molar-refractivity contribution in [2.75, 3.05) is 19.3 Å². The number of aryl methyl sites for hydroxylation is 1. The van der Waals surface area contributed by atoms with Crippen LogP contribution in [0.3, 0.4) is 0 Å². The van der Waals surface area contributed by atoms with Gasteiger partial charge in [-0.25, -0.2) is 8.42 Å². The number of nitrogen functional groups attached to an aromatic ring is 1. The van der Waals surface area contributed by atoms with Crippen molar-refractivity contribution >= 4 is 21.6 Å². The van der Waals surface area contributed by atoms with E-state index in [2.05, 4.69) is 5.32 Å². The van der Waals surface area contributed by atoms with E-state index < -0.39 is 10.0 Å². The molecular weight excluding hydrogens is 290 g/mol. The summed E-state index contributed by atoms with van der Waals surface area (Å²) in [6, 6.07) is 3.38. The van der Waals surface area contributed by atoms with Gasteiger partial charge in [-0.3, -0.25) is 4.79 Å². The van der Waals surface area contributed by atoms with Crippen LogP contribution in [0, 0.1) is 13.8 Å². The van der Waals surface area contributed by atoms with Crippen LogP contribution < -0.4 is 11.1 Å². The molecule has 1 saturated carbocycles. The molecule has 0 saturated heterocycles. The monoisotopic (exact) mass is 311 g/mol. The number of likely N-dealkylation sites (N-methyl/N-ethyl adjacent to an activating group) is 1. The first-order valence-corrected chi connectivity index (χ1v) is 8.28. The van der Waals surface area contributed by atoms with Crippen molar-refractivity contribution in [3.8, 4) is 0 Å². The van der Waals surface area contributed by atoms with Crippen LogP contribution >= 0.6 is 0 Å². The molecule has 1 aromatic carbocycles. The van der Waals surface area contributed by atoms with E-state index in [9.17, 15) is 13.2 Å². The van der Waals surface area contributed by atoms with Gasteiger partial charge < -0.3 is 11.1 Å². The normalized spacial score (nSPS) is 15.2. The van der Waals surface area contributed by atoms with Crippen molar-refractivity contribution in [2.45, 2.75) is 37.6 Å². The number of rotatable bonds is 5. The van der Waals surface area contributed by atoms with E-state index in [1.807, 2.05) is 6.92 Å². The lowest BCUT2D eigenvalue weighted by molar-refractivity contribution is -0.121. The van der Waals surface area contributed by atoms with Gasteiger partial charge in [-0.2, -0.15) is 4.31 Å². The Hall–Kier alpha value is -1.60. The second-order valence-corrected chi connectivity index (χ2v) is 7.58. The van der Waals surface area contributed by atoms with E-state index in [-0.39, 0.29) is 23.4 Å². The maximum atomic E-state index is 12.6. The van der Waals surface area contributed by atoms with Crippen LogP contribution in [0.15, 0.2) is 17.0 Å². The number of benzene rings is 1. The molecule has 7 heteroatoms. The molecule has 1 aliphatic carbocycles. The molecule has 21 heavy (non-hydrogen) atoms. The van der Waals surface area contributed by atoms with Gasteiger partial charge in [0.25, 0.3) is 0 Å². The minimum absolute atomic E-state index is 0.154. The Morgan fingerprint density at radius 2 is 2.00 bits per heavy atom. The zero-order chi connectivity index (χ0) is 15.8. The molecular formula is C14H21N3O3S. The van der Waals surface area contributed by atoms with Crippen LogP contribution in [0.2, 0.25) is 0 Å². The molecule has 0 aromatic heterocycles. The van der Waals surface area contributed by atoms with Gasteiger partial charge in [0.15, 0.2) is 0 Å². The quantitative estimate of drug-likeness (QED) is 0.786. The number of carbonyl (C=O) groups is 1. The van der Waals surface area contributed by atoms with Gasteiger partial charge in [0.1, 0.15) is 0 Å². The Kier molecular flexibility index (Phi) is 4.25. The van der Waals surface area contributed by atoms with E-state index in [4.69, 9.17) is 5.73 Å². The summed E-state index contributed by atoms with van der Waals surface area (Å²) in [4.78, 5) is 11.9. The second kappa shape index (κ2) is 5.65. The van der Waals surface area contributed by atoms with Gasteiger partial charge in [-0.1, -0.05) is 0 Å². The summed E-state index contributed by atoms with van der Waals surface area (Å²) in [5.41, 5.74) is 7.60. The molecule has 0 unspecified atom stereocenters. The number of hydrogen-bond acceptors (Lipinski definition) is 4. The Bertz CT molecular complexity index is 666. The predicted octanol–water partition coefficient (Wildman–Crippen LogP) is 0.785. The summed E-state index contributed by atoms with van der Waals surface area (Å²) < 4.78 is 26.2. The summed E-state index contributed by atoms with van der Waals surface area (Å²) in [6.07, 6.45) is 1.94. The van der Waals surface area contributed by atoms with E-state index in [0.717, 1.165) is 22.7 Å². The minimum Gasteiger partial charge on any atom is -0.399 e. The number of anilines is 1. The molecule has 1 aromatic rings. The van der Waals surface area contributed by atoms with Crippen molar-refractivity contribution in [3.05, 3.63) is 23.3 Å². The zero-order valence-electron chi connectivity index (χ0n) is 12.5. The molecule has 0 atom stereocenters. The summed E-state index contributed by atoms with van der Waals surface area (Å²) in [6.45, 7) is 3.36. The third kappa shape index (κ3) is 3.54. The molecule has 0 aliphatic heterocycles. The highest BCUT2D eigenvalue weighted by molar-refractivity contribution is 7.89. The predicted molar refractivity (Wildman–Crippen MR) is 81.3 cm³/mol. The topological polar surface area (TPSA) is 92.5 Å². The van der Waals surface area contributed by atoms with Crippen LogP contribution in [-0.4, -0.2) is 38.3 Å². The van der Waals surface area contributed by atoms with Crippen LogP contribution in [0.1, 0.15) is 24.0 Å². The fourth-order valence-corrected chi connectivity index (χ4v) is 3.53. The van der Waals surface area contributed by atoms with Crippen LogP contribution in [0.5, 0.6) is 0 Å². The summed E-state index contributed by atoms with van der Waals surface area (Å²) >= 11 is 0. The van der Waals surface area contributed by atoms with Crippen molar-refractivity contribution in [1.82, 2.24) is 9.62 Å². The number of nitrogens with one attached hydrogen (secondary N) is 1. The number of nitrogens with two attached hydrogens (primary N) is 1. The van der Waals surface area contributed by atoms with Crippen LogP contribution in [0.25, 0.3) is 0 Å². The number of nitrogens with zero attached hydrogens (tertiary/aromatic N) is 1. The molecule has 0 spiro atoms. The Labute approximate surface area is 125 Å². The van der Waals surface area contributed by atoms with E-state index >= 15 is 0 Å². The van der Waals surface area contributed by atoms with Gasteiger partial charge in [0.05, 0.1) is 11.4 Å². The van der Waals surface area contributed by atoms with Crippen molar-refractivity contribution < 1.29 is 13.2 Å². The number of carbonyl (C=O) groups excluding carboxylic acids is 1. The van der Waals surface area contributed by atoms with Crippen molar-refractivity contribution in [3.63, 3.8) is 0 Å². The molecule has 116 valence electrons.